The van der Waals surface area contributed by atoms with E-state index in [1.165, 1.54) is 0 Å². The molecule has 0 saturated carbocycles. The Morgan fingerprint density at radius 3 is 2.93 bits per heavy atom. The Balaban J connectivity index is 2.39. The first-order chi connectivity index (χ1) is 7.22. The van der Waals surface area contributed by atoms with Crippen LogP contribution in [0.5, 0.6) is 0 Å². The number of ketones is 1. The second-order valence-corrected chi connectivity index (χ2v) is 3.65. The number of carbonyl (C=O) groups excluding carboxylic acids is 1. The van der Waals surface area contributed by atoms with E-state index in [0.717, 1.165) is 16.5 Å². The average Bonchev–Trinajstić information content (AvgIpc) is 2.73. The fourth-order valence-corrected chi connectivity index (χ4v) is 1.59. The summed E-state index contributed by atoms with van der Waals surface area (Å²) in [6.45, 7) is 1.86. The van der Waals surface area contributed by atoms with Gasteiger partial charge in [0.15, 0.2) is 5.78 Å². The summed E-state index contributed by atoms with van der Waals surface area (Å²) in [5.41, 5.74) is 1.81. The van der Waals surface area contributed by atoms with Crippen molar-refractivity contribution in [2.24, 2.45) is 0 Å². The van der Waals surface area contributed by atoms with Gasteiger partial charge >= 0.3 is 0 Å². The lowest BCUT2D eigenvalue weighted by Gasteiger charge is -2.08. The summed E-state index contributed by atoms with van der Waals surface area (Å²) in [5.74, 6) is 0.126. The van der Waals surface area contributed by atoms with Crippen molar-refractivity contribution in [3.05, 3.63) is 36.0 Å². The SMILES string of the molecule is CN[C@H](C)C(=O)c1ccc2[nH]ccc2c1. The monoisotopic (exact) mass is 202 g/mol. The number of nitrogens with one attached hydrogen (secondary N) is 2. The van der Waals surface area contributed by atoms with Crippen LogP contribution >= 0.6 is 0 Å². The minimum atomic E-state index is -0.138. The highest BCUT2D eigenvalue weighted by molar-refractivity contribution is 6.02. The lowest BCUT2D eigenvalue weighted by Crippen LogP contribution is -2.30. The van der Waals surface area contributed by atoms with Gasteiger partial charge in [0.05, 0.1) is 6.04 Å². The predicted octanol–water partition coefficient (Wildman–Crippen LogP) is 1.96. The van der Waals surface area contributed by atoms with Gasteiger partial charge in [-0.25, -0.2) is 0 Å². The maximum Gasteiger partial charge on any atom is 0.179 e. The summed E-state index contributed by atoms with van der Waals surface area (Å²) in [6.07, 6.45) is 1.88. The smallest absolute Gasteiger partial charge is 0.179 e. The molecular weight excluding hydrogens is 188 g/mol. The lowest BCUT2D eigenvalue weighted by atomic mass is 10.0. The van der Waals surface area contributed by atoms with Gasteiger partial charge in [-0.2, -0.15) is 0 Å². The molecule has 78 valence electrons. The Kier molecular flexibility index (Phi) is 2.56. The molecule has 0 fully saturated rings. The van der Waals surface area contributed by atoms with Gasteiger partial charge in [-0.1, -0.05) is 0 Å². The number of aromatic nitrogens is 1. The van der Waals surface area contributed by atoms with Gasteiger partial charge in [0.25, 0.3) is 0 Å². The largest absolute Gasteiger partial charge is 0.361 e. The van der Waals surface area contributed by atoms with Crippen molar-refractivity contribution in [1.82, 2.24) is 10.3 Å². The van der Waals surface area contributed by atoms with Crippen LogP contribution in [-0.4, -0.2) is 23.9 Å². The van der Waals surface area contributed by atoms with E-state index in [0.29, 0.717) is 0 Å². The molecule has 0 spiro atoms. The zero-order chi connectivity index (χ0) is 10.8. The molecule has 1 aromatic heterocycles. The molecule has 1 atom stereocenters. The molecule has 2 N–H and O–H groups in total. The van der Waals surface area contributed by atoms with Gasteiger partial charge in [-0.05, 0) is 38.2 Å². The molecule has 0 saturated heterocycles. The average molecular weight is 202 g/mol. The minimum absolute atomic E-state index is 0.126. The van der Waals surface area contributed by atoms with Crippen molar-refractivity contribution in [3.8, 4) is 0 Å². The number of aromatic amines is 1. The van der Waals surface area contributed by atoms with E-state index >= 15 is 0 Å². The van der Waals surface area contributed by atoms with Crippen LogP contribution in [0.3, 0.4) is 0 Å². The Bertz CT molecular complexity index is 487. The molecule has 1 heterocycles. The summed E-state index contributed by atoms with van der Waals surface area (Å²) in [7, 11) is 1.79. The van der Waals surface area contributed by atoms with Crippen LogP contribution in [0.1, 0.15) is 17.3 Å². The number of carbonyl (C=O) groups is 1. The maximum atomic E-state index is 11.9. The van der Waals surface area contributed by atoms with Crippen molar-refractivity contribution >= 4 is 16.7 Å². The van der Waals surface area contributed by atoms with E-state index in [-0.39, 0.29) is 11.8 Å². The molecule has 0 aliphatic carbocycles. The van der Waals surface area contributed by atoms with E-state index in [1.54, 1.807) is 7.05 Å². The lowest BCUT2D eigenvalue weighted by molar-refractivity contribution is 0.0955. The topological polar surface area (TPSA) is 44.9 Å². The molecule has 1 aromatic carbocycles. The van der Waals surface area contributed by atoms with Crippen molar-refractivity contribution in [2.45, 2.75) is 13.0 Å². The van der Waals surface area contributed by atoms with Crippen molar-refractivity contribution in [3.63, 3.8) is 0 Å². The zero-order valence-electron chi connectivity index (χ0n) is 8.87. The summed E-state index contributed by atoms with van der Waals surface area (Å²) in [4.78, 5) is 15.0. The summed E-state index contributed by atoms with van der Waals surface area (Å²) < 4.78 is 0. The second kappa shape index (κ2) is 3.87. The highest BCUT2D eigenvalue weighted by atomic mass is 16.1. The maximum absolute atomic E-state index is 11.9. The van der Waals surface area contributed by atoms with Crippen molar-refractivity contribution in [2.75, 3.05) is 7.05 Å². The first-order valence-electron chi connectivity index (χ1n) is 5.01. The van der Waals surface area contributed by atoms with E-state index in [4.69, 9.17) is 0 Å². The third kappa shape index (κ3) is 1.78. The number of likely N-dealkylation sites (N-methyl/N-ethyl adjacent to an activating group) is 1. The van der Waals surface area contributed by atoms with Crippen LogP contribution < -0.4 is 5.32 Å². The van der Waals surface area contributed by atoms with Gasteiger partial charge in [-0.15, -0.1) is 0 Å². The van der Waals surface area contributed by atoms with Crippen LogP contribution in [0.4, 0.5) is 0 Å². The normalized spacial score (nSPS) is 12.9. The van der Waals surface area contributed by atoms with E-state index in [9.17, 15) is 4.79 Å². The third-order valence-electron chi connectivity index (χ3n) is 2.66. The highest BCUT2D eigenvalue weighted by Gasteiger charge is 2.13. The van der Waals surface area contributed by atoms with Crippen molar-refractivity contribution < 1.29 is 4.79 Å². The number of hydrogen-bond acceptors (Lipinski definition) is 2. The van der Waals surface area contributed by atoms with E-state index in [1.807, 2.05) is 37.4 Å². The first kappa shape index (κ1) is 9.93. The number of rotatable bonds is 3. The van der Waals surface area contributed by atoms with Crippen LogP contribution in [0, 0.1) is 0 Å². The van der Waals surface area contributed by atoms with Crippen LogP contribution in [0.15, 0.2) is 30.5 Å². The Morgan fingerprint density at radius 1 is 1.40 bits per heavy atom. The van der Waals surface area contributed by atoms with Gasteiger partial charge in [0.2, 0.25) is 0 Å². The molecular formula is C12H14N2O. The number of Topliss-reactive ketones (excluding diaryl/α,β-unsaturated/α-hetero) is 1. The molecule has 0 unspecified atom stereocenters. The molecule has 0 aliphatic heterocycles. The standard InChI is InChI=1S/C12H14N2O/c1-8(13-2)12(15)10-3-4-11-9(7-10)5-6-14-11/h3-8,13-14H,1-2H3/t8-/m1/s1. The quantitative estimate of drug-likeness (QED) is 0.747. The highest BCUT2D eigenvalue weighted by Crippen LogP contribution is 2.15. The van der Waals surface area contributed by atoms with Crippen molar-refractivity contribution in [1.29, 1.82) is 0 Å². The number of benzene rings is 1. The molecule has 15 heavy (non-hydrogen) atoms. The minimum Gasteiger partial charge on any atom is -0.361 e. The summed E-state index contributed by atoms with van der Waals surface area (Å²) >= 11 is 0. The molecule has 2 aromatic rings. The molecule has 2 rings (SSSR count). The van der Waals surface area contributed by atoms with Crippen LogP contribution in [0.2, 0.25) is 0 Å². The molecule has 0 amide bonds. The first-order valence-corrected chi connectivity index (χ1v) is 5.01. The number of hydrogen-bond donors (Lipinski definition) is 2. The summed E-state index contributed by atoms with van der Waals surface area (Å²) in [6, 6.07) is 7.54. The fraction of sp³-hybridized carbons (Fsp3) is 0.250. The van der Waals surface area contributed by atoms with Gasteiger partial charge in [-0.3, -0.25) is 4.79 Å². The van der Waals surface area contributed by atoms with Crippen LogP contribution in [-0.2, 0) is 0 Å². The van der Waals surface area contributed by atoms with Gasteiger partial charge < -0.3 is 10.3 Å². The van der Waals surface area contributed by atoms with E-state index < -0.39 is 0 Å². The summed E-state index contributed by atoms with van der Waals surface area (Å²) in [5, 5.41) is 4.02. The molecule has 0 aliphatic rings. The van der Waals surface area contributed by atoms with Crippen LogP contribution in [0.25, 0.3) is 10.9 Å². The Labute approximate surface area is 88.5 Å². The zero-order valence-corrected chi connectivity index (χ0v) is 8.87. The number of H-pyrrole nitrogens is 1. The molecule has 3 nitrogen and oxygen atoms in total. The molecule has 0 radical (unpaired) electrons. The van der Waals surface area contributed by atoms with Gasteiger partial charge in [0, 0.05) is 22.7 Å². The second-order valence-electron chi connectivity index (χ2n) is 3.65. The molecule has 3 heteroatoms. The predicted molar refractivity (Wildman–Crippen MR) is 61.2 cm³/mol. The Hall–Kier alpha value is -1.61. The Morgan fingerprint density at radius 2 is 2.20 bits per heavy atom. The fourth-order valence-electron chi connectivity index (χ4n) is 1.59. The third-order valence-corrected chi connectivity index (χ3v) is 2.66. The van der Waals surface area contributed by atoms with E-state index in [2.05, 4.69) is 10.3 Å². The number of fused-ring (bicyclic) bond motifs is 1. The van der Waals surface area contributed by atoms with Gasteiger partial charge in [0.1, 0.15) is 0 Å². The molecule has 0 bridgehead atoms.